The molecule has 0 saturated heterocycles. The summed E-state index contributed by atoms with van der Waals surface area (Å²) in [6.45, 7) is 0.604. The number of nitrogen functional groups attached to an aromatic ring is 1. The first-order valence-electron chi connectivity index (χ1n) is 5.11. The van der Waals surface area contributed by atoms with Crippen molar-refractivity contribution in [3.05, 3.63) is 58.9 Å². The van der Waals surface area contributed by atoms with Crippen LogP contribution in [0.4, 0.5) is 0 Å². The van der Waals surface area contributed by atoms with Crippen LogP contribution in [0.1, 0.15) is 16.1 Å². The summed E-state index contributed by atoms with van der Waals surface area (Å²) in [5.41, 5.74) is 3.72. The van der Waals surface area contributed by atoms with Crippen molar-refractivity contribution in [3.8, 4) is 0 Å². The van der Waals surface area contributed by atoms with Gasteiger partial charge in [0.2, 0.25) is 0 Å². The van der Waals surface area contributed by atoms with E-state index in [4.69, 9.17) is 17.4 Å². The second kappa shape index (κ2) is 5.03. The predicted molar refractivity (Wildman–Crippen MR) is 66.6 cm³/mol. The number of hydrogen-bond acceptors (Lipinski definition) is 2. The van der Waals surface area contributed by atoms with Crippen LogP contribution in [-0.4, -0.2) is 10.5 Å². The lowest BCUT2D eigenvalue weighted by atomic mass is 10.2. The highest BCUT2D eigenvalue weighted by Gasteiger charge is 2.08. The molecule has 3 N–H and O–H groups in total. The van der Waals surface area contributed by atoms with Gasteiger partial charge in [0.05, 0.1) is 0 Å². The summed E-state index contributed by atoms with van der Waals surface area (Å²) in [5, 5.41) is 0.696. The van der Waals surface area contributed by atoms with Crippen LogP contribution in [0.15, 0.2) is 42.6 Å². The smallest absolute Gasteiger partial charge is 0.281 e. The monoisotopic (exact) mass is 249 g/mol. The van der Waals surface area contributed by atoms with Crippen molar-refractivity contribution < 1.29 is 4.79 Å². The average Bonchev–Trinajstić information content (AvgIpc) is 2.79. The van der Waals surface area contributed by atoms with Crippen molar-refractivity contribution in [1.82, 2.24) is 9.99 Å². The Balaban J connectivity index is 2.21. The molecule has 0 unspecified atom stereocenters. The van der Waals surface area contributed by atoms with Crippen molar-refractivity contribution in [1.29, 1.82) is 0 Å². The van der Waals surface area contributed by atoms with Gasteiger partial charge in [0.25, 0.3) is 5.91 Å². The Morgan fingerprint density at radius 2 is 2.00 bits per heavy atom. The molecule has 0 fully saturated rings. The van der Waals surface area contributed by atoms with Gasteiger partial charge in [-0.3, -0.25) is 10.2 Å². The zero-order chi connectivity index (χ0) is 12.3. The van der Waals surface area contributed by atoms with Gasteiger partial charge in [-0.25, -0.2) is 5.84 Å². The van der Waals surface area contributed by atoms with Crippen molar-refractivity contribution in [2.75, 3.05) is 0 Å². The van der Waals surface area contributed by atoms with Crippen LogP contribution in [0.5, 0.6) is 0 Å². The number of carbonyl (C=O) groups excluding carboxylic acids is 1. The molecule has 0 saturated carbocycles. The van der Waals surface area contributed by atoms with Crippen LogP contribution in [-0.2, 0) is 6.54 Å². The number of aromatic nitrogens is 1. The third kappa shape index (κ3) is 2.67. The fourth-order valence-corrected chi connectivity index (χ4v) is 1.74. The van der Waals surface area contributed by atoms with E-state index in [-0.39, 0.29) is 5.91 Å². The topological polar surface area (TPSA) is 60.0 Å². The maximum Gasteiger partial charge on any atom is 0.281 e. The van der Waals surface area contributed by atoms with E-state index in [0.717, 1.165) is 5.56 Å². The molecule has 0 aliphatic heterocycles. The number of nitrogens with zero attached hydrogens (tertiary/aromatic N) is 1. The fourth-order valence-electron chi connectivity index (χ4n) is 1.62. The first kappa shape index (κ1) is 11.7. The van der Waals surface area contributed by atoms with Crippen molar-refractivity contribution in [2.24, 2.45) is 5.84 Å². The van der Waals surface area contributed by atoms with Gasteiger partial charge in [0.15, 0.2) is 0 Å². The molecule has 1 aromatic carbocycles. The minimum atomic E-state index is -0.302. The molecule has 88 valence electrons. The van der Waals surface area contributed by atoms with E-state index >= 15 is 0 Å². The van der Waals surface area contributed by atoms with Gasteiger partial charge in [-0.1, -0.05) is 23.7 Å². The lowest BCUT2D eigenvalue weighted by Gasteiger charge is -2.08. The molecule has 0 aliphatic rings. The number of carbonyl (C=O) groups is 1. The Labute approximate surface area is 104 Å². The van der Waals surface area contributed by atoms with Crippen LogP contribution >= 0.6 is 11.6 Å². The number of halogens is 1. The Hall–Kier alpha value is -1.78. The van der Waals surface area contributed by atoms with Gasteiger partial charge in [-0.2, -0.15) is 0 Å². The standard InChI is InChI=1S/C12H12ClN3O/c13-10-5-3-9(4-6-10)8-16-7-1-2-11(16)12(17)15-14/h1-7H,8,14H2,(H,15,17). The van der Waals surface area contributed by atoms with Crippen molar-refractivity contribution in [3.63, 3.8) is 0 Å². The number of amides is 1. The molecule has 0 spiro atoms. The molecule has 0 atom stereocenters. The molecule has 4 nitrogen and oxygen atoms in total. The van der Waals surface area contributed by atoms with E-state index < -0.39 is 0 Å². The normalized spacial score (nSPS) is 10.2. The summed E-state index contributed by atoms with van der Waals surface area (Å²) in [4.78, 5) is 11.5. The second-order valence-corrected chi connectivity index (χ2v) is 4.06. The molecular formula is C12H12ClN3O. The highest BCUT2D eigenvalue weighted by molar-refractivity contribution is 6.30. The van der Waals surface area contributed by atoms with E-state index in [1.807, 2.05) is 35.0 Å². The summed E-state index contributed by atoms with van der Waals surface area (Å²) in [5.74, 6) is 4.81. The molecule has 1 heterocycles. The lowest BCUT2D eigenvalue weighted by molar-refractivity contribution is 0.0945. The largest absolute Gasteiger partial charge is 0.339 e. The Morgan fingerprint density at radius 1 is 1.29 bits per heavy atom. The summed E-state index contributed by atoms with van der Waals surface area (Å²) in [6, 6.07) is 11.0. The first-order chi connectivity index (χ1) is 8.20. The van der Waals surface area contributed by atoms with Crippen molar-refractivity contribution >= 4 is 17.5 Å². The highest BCUT2D eigenvalue weighted by atomic mass is 35.5. The maximum atomic E-state index is 11.5. The van der Waals surface area contributed by atoms with Gasteiger partial charge in [0.1, 0.15) is 5.69 Å². The first-order valence-corrected chi connectivity index (χ1v) is 5.49. The van der Waals surface area contributed by atoms with Crippen LogP contribution in [0.3, 0.4) is 0 Å². The summed E-state index contributed by atoms with van der Waals surface area (Å²) < 4.78 is 1.82. The van der Waals surface area contributed by atoms with E-state index in [2.05, 4.69) is 5.43 Å². The molecule has 0 aliphatic carbocycles. The van der Waals surface area contributed by atoms with E-state index in [1.54, 1.807) is 12.1 Å². The number of hydrogen-bond donors (Lipinski definition) is 2. The molecule has 1 aromatic heterocycles. The number of nitrogens with two attached hydrogens (primary N) is 1. The highest BCUT2D eigenvalue weighted by Crippen LogP contribution is 2.12. The fraction of sp³-hybridized carbons (Fsp3) is 0.0833. The molecule has 2 rings (SSSR count). The summed E-state index contributed by atoms with van der Waals surface area (Å²) in [6.07, 6.45) is 1.83. The maximum absolute atomic E-state index is 11.5. The lowest BCUT2D eigenvalue weighted by Crippen LogP contribution is -2.31. The molecule has 2 aromatic rings. The zero-order valence-corrected chi connectivity index (χ0v) is 9.82. The quantitative estimate of drug-likeness (QED) is 0.495. The third-order valence-electron chi connectivity index (χ3n) is 2.46. The molecule has 0 radical (unpaired) electrons. The minimum Gasteiger partial charge on any atom is -0.339 e. The second-order valence-electron chi connectivity index (χ2n) is 3.62. The molecular weight excluding hydrogens is 238 g/mol. The SMILES string of the molecule is NNC(=O)c1cccn1Cc1ccc(Cl)cc1. The Bertz CT molecular complexity index is 519. The summed E-state index contributed by atoms with van der Waals surface area (Å²) in [7, 11) is 0. The minimum absolute atomic E-state index is 0.302. The number of benzene rings is 1. The van der Waals surface area contributed by atoms with Gasteiger partial charge in [-0.15, -0.1) is 0 Å². The molecule has 5 heteroatoms. The van der Waals surface area contributed by atoms with Crippen LogP contribution in [0.25, 0.3) is 0 Å². The predicted octanol–water partition coefficient (Wildman–Crippen LogP) is 1.79. The summed E-state index contributed by atoms with van der Waals surface area (Å²) >= 11 is 5.81. The van der Waals surface area contributed by atoms with Crippen LogP contribution in [0.2, 0.25) is 5.02 Å². The third-order valence-corrected chi connectivity index (χ3v) is 2.71. The zero-order valence-electron chi connectivity index (χ0n) is 9.06. The van der Waals surface area contributed by atoms with E-state index in [0.29, 0.717) is 17.3 Å². The number of rotatable bonds is 3. The van der Waals surface area contributed by atoms with E-state index in [1.165, 1.54) is 0 Å². The van der Waals surface area contributed by atoms with Gasteiger partial charge in [-0.05, 0) is 29.8 Å². The average molecular weight is 250 g/mol. The van der Waals surface area contributed by atoms with Crippen LogP contribution < -0.4 is 11.3 Å². The Kier molecular flexibility index (Phi) is 3.46. The number of nitrogens with one attached hydrogen (secondary N) is 1. The molecule has 17 heavy (non-hydrogen) atoms. The Morgan fingerprint density at radius 3 is 2.65 bits per heavy atom. The molecule has 0 bridgehead atoms. The number of hydrazine groups is 1. The molecule has 1 amide bonds. The van der Waals surface area contributed by atoms with Crippen molar-refractivity contribution in [2.45, 2.75) is 6.54 Å². The van der Waals surface area contributed by atoms with Gasteiger partial charge in [0, 0.05) is 17.8 Å². The van der Waals surface area contributed by atoms with Gasteiger partial charge < -0.3 is 4.57 Å². The van der Waals surface area contributed by atoms with Crippen LogP contribution in [0, 0.1) is 0 Å². The van der Waals surface area contributed by atoms with E-state index in [9.17, 15) is 4.79 Å². The van der Waals surface area contributed by atoms with Gasteiger partial charge >= 0.3 is 0 Å².